The number of nitrogens with zero attached hydrogens (tertiary/aromatic N) is 4. The number of nitrogen functional groups attached to an aromatic ring is 1. The van der Waals surface area contributed by atoms with Gasteiger partial charge in [0.1, 0.15) is 17.7 Å². The van der Waals surface area contributed by atoms with Gasteiger partial charge < -0.3 is 46.7 Å². The van der Waals surface area contributed by atoms with E-state index >= 15 is 0 Å². The Bertz CT molecular complexity index is 1710. The second kappa shape index (κ2) is 16.7. The third kappa shape index (κ3) is 9.65. The van der Waals surface area contributed by atoms with Crippen LogP contribution < -0.4 is 32.1 Å². The van der Waals surface area contributed by atoms with Crippen molar-refractivity contribution >= 4 is 70.6 Å². The van der Waals surface area contributed by atoms with Crippen molar-refractivity contribution in [3.63, 3.8) is 0 Å². The molecule has 2 amide bonds. The number of rotatable bonds is 12. The molecule has 48 heavy (non-hydrogen) atoms. The largest absolute Gasteiger partial charge is 0.481 e. The van der Waals surface area contributed by atoms with E-state index in [2.05, 4.69) is 72.5 Å². The molecule has 1 unspecified atom stereocenters. The lowest BCUT2D eigenvalue weighted by Gasteiger charge is -2.34. The highest BCUT2D eigenvalue weighted by molar-refractivity contribution is 7.10. The number of amidine groups is 1. The molecule has 4 heterocycles. The smallest absolute Gasteiger partial charge is 0.326 e. The summed E-state index contributed by atoms with van der Waals surface area (Å²) in [5.74, 6) is -1.81. The maximum atomic E-state index is 12.3. The summed E-state index contributed by atoms with van der Waals surface area (Å²) >= 11 is 1.75. The van der Waals surface area contributed by atoms with Crippen molar-refractivity contribution < 1.29 is 29.4 Å². The molecule has 0 fully saturated rings. The highest BCUT2D eigenvalue weighted by Crippen LogP contribution is 2.25. The van der Waals surface area contributed by atoms with E-state index in [0.717, 1.165) is 18.9 Å². The molecule has 0 saturated heterocycles. The Morgan fingerprint density at radius 3 is 2.60 bits per heavy atom. The van der Waals surface area contributed by atoms with E-state index in [1.165, 1.54) is 28.3 Å². The molecule has 5 rings (SSSR count). The van der Waals surface area contributed by atoms with Gasteiger partial charge in [-0.1, -0.05) is 6.07 Å². The molecule has 0 saturated carbocycles. The highest BCUT2D eigenvalue weighted by atomic mass is 32.1. The first kappa shape index (κ1) is 35.1. The number of H-pyrrole nitrogens is 1. The summed E-state index contributed by atoms with van der Waals surface area (Å²) in [5, 5.41) is 28.4. The van der Waals surface area contributed by atoms with Crippen LogP contribution in [0.3, 0.4) is 0 Å². The van der Waals surface area contributed by atoms with Crippen molar-refractivity contribution in [1.29, 1.82) is 0 Å². The number of amides is 2. The normalized spacial score (nSPS) is 16.0. The van der Waals surface area contributed by atoms with E-state index in [1.807, 2.05) is 0 Å². The van der Waals surface area contributed by atoms with E-state index in [9.17, 15) is 29.1 Å². The summed E-state index contributed by atoms with van der Waals surface area (Å²) in [6.07, 6.45) is 5.31. The molecular weight excluding hydrogens is 642 g/mol. The first-order valence-corrected chi connectivity index (χ1v) is 15.9. The second-order valence-corrected chi connectivity index (χ2v) is 11.8. The Hall–Kier alpha value is -5.71. The lowest BCUT2D eigenvalue weighted by atomic mass is 10.1. The maximum Gasteiger partial charge on any atom is 0.326 e. The molecule has 2 aliphatic rings. The minimum absolute atomic E-state index is 0.0603. The SMILES string of the molecule is CN1CCCN=C1/C=C/c1cccs1.Nc1nc(=O)c2c([nH]1)NCC(CNc1ccc(C(=O)N[C@@H](CCC(=O)O)C(=O)O)cc1)N2C=O. The minimum atomic E-state index is -1.33. The van der Waals surface area contributed by atoms with Crippen LogP contribution in [-0.4, -0.2) is 100 Å². The van der Waals surface area contributed by atoms with Crippen LogP contribution in [0.5, 0.6) is 0 Å². The summed E-state index contributed by atoms with van der Waals surface area (Å²) in [6.45, 7) is 2.67. The van der Waals surface area contributed by atoms with Gasteiger partial charge in [-0.15, -0.1) is 11.3 Å². The van der Waals surface area contributed by atoms with Gasteiger partial charge in [-0.05, 0) is 60.7 Å². The molecule has 17 heteroatoms. The first-order chi connectivity index (χ1) is 23.0. The lowest BCUT2D eigenvalue weighted by molar-refractivity contribution is -0.140. The van der Waals surface area contributed by atoms with Gasteiger partial charge >= 0.3 is 17.5 Å². The average Bonchev–Trinajstić information content (AvgIpc) is 3.59. The molecule has 2 aliphatic heterocycles. The molecule has 2 atom stereocenters. The zero-order valence-electron chi connectivity index (χ0n) is 26.1. The number of hydrogen-bond acceptors (Lipinski definition) is 12. The Labute approximate surface area is 279 Å². The number of benzene rings is 1. The number of aromatic nitrogens is 2. The Balaban J connectivity index is 0.000000307. The minimum Gasteiger partial charge on any atom is -0.481 e. The summed E-state index contributed by atoms with van der Waals surface area (Å²) < 4.78 is 0. The van der Waals surface area contributed by atoms with E-state index < -0.39 is 41.9 Å². The van der Waals surface area contributed by atoms with Gasteiger partial charge in [0.05, 0.1) is 6.04 Å². The number of anilines is 4. The van der Waals surface area contributed by atoms with Crippen LogP contribution in [0.1, 0.15) is 34.5 Å². The van der Waals surface area contributed by atoms with Crippen molar-refractivity contribution in [2.45, 2.75) is 31.3 Å². The van der Waals surface area contributed by atoms with Crippen LogP contribution >= 0.6 is 11.3 Å². The monoisotopic (exact) mass is 679 g/mol. The van der Waals surface area contributed by atoms with Gasteiger partial charge in [-0.2, -0.15) is 4.98 Å². The number of aliphatic imine (C=N–C) groups is 1. The molecule has 0 radical (unpaired) electrons. The zero-order valence-corrected chi connectivity index (χ0v) is 26.9. The number of aliphatic carboxylic acids is 2. The molecule has 1 aromatic carbocycles. The number of likely N-dealkylation sites (N-methyl/N-ethyl adjacent to an activating group) is 1. The molecule has 16 nitrogen and oxygen atoms in total. The van der Waals surface area contributed by atoms with E-state index in [1.54, 1.807) is 23.5 Å². The first-order valence-electron chi connectivity index (χ1n) is 15.0. The Morgan fingerprint density at radius 1 is 1.19 bits per heavy atom. The van der Waals surface area contributed by atoms with Gasteiger partial charge in [0.2, 0.25) is 12.4 Å². The number of carbonyl (C=O) groups excluding carboxylic acids is 2. The highest BCUT2D eigenvalue weighted by Gasteiger charge is 2.29. The number of thiophene rings is 1. The van der Waals surface area contributed by atoms with E-state index in [0.29, 0.717) is 24.5 Å². The lowest BCUT2D eigenvalue weighted by Crippen LogP contribution is -2.50. The number of nitrogens with one attached hydrogen (secondary N) is 4. The fraction of sp³-hybridized carbons (Fsp3) is 0.323. The van der Waals surface area contributed by atoms with Crippen LogP contribution in [-0.2, 0) is 14.4 Å². The number of fused-ring (bicyclic) bond motifs is 1. The quantitative estimate of drug-likeness (QED) is 0.136. The molecule has 254 valence electrons. The fourth-order valence-corrected chi connectivity index (χ4v) is 5.48. The number of carbonyl (C=O) groups is 4. The molecule has 3 aromatic rings. The van der Waals surface area contributed by atoms with Crippen molar-refractivity contribution in [1.82, 2.24) is 20.2 Å². The second-order valence-electron chi connectivity index (χ2n) is 10.8. The third-order valence-corrected chi connectivity index (χ3v) is 8.23. The summed E-state index contributed by atoms with van der Waals surface area (Å²) in [4.78, 5) is 73.6. The van der Waals surface area contributed by atoms with E-state index in [-0.39, 0.29) is 30.2 Å². The molecule has 0 aliphatic carbocycles. The van der Waals surface area contributed by atoms with Gasteiger partial charge in [-0.25, -0.2) is 4.79 Å². The van der Waals surface area contributed by atoms with Gasteiger partial charge in [0, 0.05) is 55.8 Å². The van der Waals surface area contributed by atoms with Gasteiger partial charge in [-0.3, -0.25) is 24.2 Å². The Kier molecular flexibility index (Phi) is 12.3. The summed E-state index contributed by atoms with van der Waals surface area (Å²) in [6, 6.07) is 8.55. The van der Waals surface area contributed by atoms with Crippen LogP contribution in [0.2, 0.25) is 0 Å². The molecule has 0 spiro atoms. The number of carboxylic acids is 2. The van der Waals surface area contributed by atoms with Gasteiger partial charge in [0.15, 0.2) is 5.69 Å². The van der Waals surface area contributed by atoms with Crippen LogP contribution in [0.4, 0.5) is 23.1 Å². The third-order valence-electron chi connectivity index (χ3n) is 7.39. The van der Waals surface area contributed by atoms with Crippen molar-refractivity contribution in [2.24, 2.45) is 4.99 Å². The van der Waals surface area contributed by atoms with Crippen molar-refractivity contribution in [2.75, 3.05) is 54.5 Å². The fourth-order valence-electron chi connectivity index (χ4n) is 4.86. The van der Waals surface area contributed by atoms with Crippen LogP contribution in [0.15, 0.2) is 57.6 Å². The standard InChI is InChI=1S/C20H23N7O7.C11H14N2S/c21-20-25-16-15(18(32)26-20)27(9-28)12(8-23-16)7-22-11-3-1-10(2-4-11)17(31)24-13(19(33)34)5-6-14(29)30;1-13-8-3-7-12-11(13)6-5-10-4-2-9-14-10/h1-4,9,12-13,22H,5-8H2,(H,24,31)(H,29,30)(H,33,34)(H4,21,23,25,26,32);2,4-6,9H,3,7-8H2,1H3/b;6-5+/t12?,13-;/m0./s1. The molecule has 8 N–H and O–H groups in total. The number of nitrogens with two attached hydrogens (primary N) is 1. The number of carboxylic acid groups (broad SMARTS) is 2. The van der Waals surface area contributed by atoms with Crippen LogP contribution in [0.25, 0.3) is 6.08 Å². The maximum absolute atomic E-state index is 12.3. The molecule has 0 bridgehead atoms. The summed E-state index contributed by atoms with van der Waals surface area (Å²) in [5.41, 5.74) is 5.74. The zero-order chi connectivity index (χ0) is 34.6. The predicted molar refractivity (Wildman–Crippen MR) is 184 cm³/mol. The Morgan fingerprint density at radius 2 is 1.96 bits per heavy atom. The van der Waals surface area contributed by atoms with Crippen molar-refractivity contribution in [3.05, 3.63) is 68.6 Å². The average molecular weight is 680 g/mol. The van der Waals surface area contributed by atoms with Crippen LogP contribution in [0, 0.1) is 0 Å². The molecular formula is C31H37N9O7S. The van der Waals surface area contributed by atoms with E-state index in [4.69, 9.17) is 10.8 Å². The molecule has 2 aromatic heterocycles. The number of aromatic amines is 1. The topological polar surface area (TPSA) is 235 Å². The van der Waals surface area contributed by atoms with Crippen molar-refractivity contribution in [3.8, 4) is 0 Å². The number of hydrogen-bond donors (Lipinski definition) is 7. The summed E-state index contributed by atoms with van der Waals surface area (Å²) in [7, 11) is 2.09. The predicted octanol–water partition coefficient (Wildman–Crippen LogP) is 1.76. The van der Waals surface area contributed by atoms with Gasteiger partial charge in [0.25, 0.3) is 5.91 Å².